The molecule has 0 unspecified atom stereocenters. The summed E-state index contributed by atoms with van der Waals surface area (Å²) < 4.78 is 25.8. The van der Waals surface area contributed by atoms with Gasteiger partial charge in [-0.15, -0.1) is 0 Å². The molecule has 0 bridgehead atoms. The van der Waals surface area contributed by atoms with Crippen LogP contribution in [0.1, 0.15) is 31.9 Å². The molecule has 0 saturated carbocycles. The largest absolute Gasteiger partial charge is 0.508 e. The number of fused-ring (bicyclic) bond motifs is 1. The van der Waals surface area contributed by atoms with Gasteiger partial charge < -0.3 is 24.5 Å². The molecule has 0 aliphatic carbocycles. The number of aryl methyl sites for hydroxylation is 1. The van der Waals surface area contributed by atoms with Gasteiger partial charge in [-0.3, -0.25) is 0 Å². The van der Waals surface area contributed by atoms with Gasteiger partial charge in [-0.25, -0.2) is 9.18 Å². The summed E-state index contributed by atoms with van der Waals surface area (Å²) in [5.74, 6) is -0.199. The zero-order chi connectivity index (χ0) is 22.1. The van der Waals surface area contributed by atoms with Crippen molar-refractivity contribution in [3.8, 4) is 5.75 Å². The number of rotatable bonds is 5. The minimum Gasteiger partial charge on any atom is -0.508 e. The molecule has 0 spiro atoms. The fraction of sp³-hybridized carbons (Fsp3) is 0.375. The minimum atomic E-state index is -0.495. The zero-order valence-electron chi connectivity index (χ0n) is 17.9. The van der Waals surface area contributed by atoms with Gasteiger partial charge in [-0.05, 0) is 55.7 Å². The Morgan fingerprint density at radius 2 is 1.87 bits per heavy atom. The average molecular weight is 426 g/mol. The highest BCUT2D eigenvalue weighted by molar-refractivity contribution is 5.83. The van der Waals surface area contributed by atoms with Crippen molar-refractivity contribution < 1.29 is 18.7 Å². The van der Waals surface area contributed by atoms with E-state index in [0.717, 1.165) is 16.5 Å². The summed E-state index contributed by atoms with van der Waals surface area (Å²) in [6.45, 7) is 7.53. The molecule has 31 heavy (non-hydrogen) atoms. The SMILES string of the molecule is CCc1cc2c(CNc3ccc(N4C[C@@H](C)O[C@@H](C)C4)c(F)c3)cc(=O)oc2cc1O. The summed E-state index contributed by atoms with van der Waals surface area (Å²) in [6.07, 6.45) is 0.747. The topological polar surface area (TPSA) is 74.9 Å². The second-order valence-corrected chi connectivity index (χ2v) is 8.10. The quantitative estimate of drug-likeness (QED) is 0.588. The summed E-state index contributed by atoms with van der Waals surface area (Å²) in [5.41, 5.74) is 2.50. The molecule has 4 rings (SSSR count). The Morgan fingerprint density at radius 1 is 1.13 bits per heavy atom. The monoisotopic (exact) mass is 426 g/mol. The number of phenolic OH excluding ortho intramolecular Hbond substituents is 1. The number of morpholine rings is 1. The third-order valence-electron chi connectivity index (χ3n) is 5.60. The van der Waals surface area contributed by atoms with Crippen LogP contribution in [0.25, 0.3) is 11.0 Å². The molecule has 1 aromatic heterocycles. The first-order valence-electron chi connectivity index (χ1n) is 10.6. The second-order valence-electron chi connectivity index (χ2n) is 8.10. The third kappa shape index (κ3) is 4.51. The molecule has 1 fully saturated rings. The van der Waals surface area contributed by atoms with E-state index in [1.165, 1.54) is 18.2 Å². The molecule has 0 amide bonds. The van der Waals surface area contributed by atoms with Crippen LogP contribution in [-0.4, -0.2) is 30.4 Å². The number of aromatic hydroxyl groups is 1. The molecule has 2 heterocycles. The smallest absolute Gasteiger partial charge is 0.336 e. The fourth-order valence-electron chi connectivity index (χ4n) is 4.18. The highest BCUT2D eigenvalue weighted by Crippen LogP contribution is 2.29. The molecule has 2 atom stereocenters. The number of hydrogen-bond donors (Lipinski definition) is 2. The summed E-state index contributed by atoms with van der Waals surface area (Å²) in [4.78, 5) is 14.0. The number of ether oxygens (including phenoxy) is 1. The molecule has 1 saturated heterocycles. The molecule has 7 heteroatoms. The predicted molar refractivity (Wildman–Crippen MR) is 119 cm³/mol. The molecule has 2 aromatic carbocycles. The second kappa shape index (κ2) is 8.59. The van der Waals surface area contributed by atoms with Crippen LogP contribution in [0.5, 0.6) is 5.75 Å². The van der Waals surface area contributed by atoms with Crippen molar-refractivity contribution >= 4 is 22.3 Å². The molecule has 3 aromatic rings. The van der Waals surface area contributed by atoms with Gasteiger partial charge in [0.05, 0.1) is 17.9 Å². The van der Waals surface area contributed by atoms with Gasteiger partial charge in [0.2, 0.25) is 0 Å². The van der Waals surface area contributed by atoms with Gasteiger partial charge in [0.25, 0.3) is 0 Å². The molecular formula is C24H27FN2O4. The van der Waals surface area contributed by atoms with Gasteiger partial charge in [-0.2, -0.15) is 0 Å². The van der Waals surface area contributed by atoms with Crippen LogP contribution in [0.15, 0.2) is 45.6 Å². The Morgan fingerprint density at radius 3 is 2.55 bits per heavy atom. The number of nitrogens with one attached hydrogen (secondary N) is 1. The van der Waals surface area contributed by atoms with Crippen molar-refractivity contribution in [3.63, 3.8) is 0 Å². The molecule has 164 valence electrons. The lowest BCUT2D eigenvalue weighted by Crippen LogP contribution is -2.45. The van der Waals surface area contributed by atoms with Crippen LogP contribution in [0.3, 0.4) is 0 Å². The van der Waals surface area contributed by atoms with Crippen LogP contribution in [-0.2, 0) is 17.7 Å². The lowest BCUT2D eigenvalue weighted by Gasteiger charge is -2.37. The normalized spacial score (nSPS) is 19.0. The lowest BCUT2D eigenvalue weighted by atomic mass is 10.0. The van der Waals surface area contributed by atoms with Crippen molar-refractivity contribution in [1.29, 1.82) is 0 Å². The number of hydrogen-bond acceptors (Lipinski definition) is 6. The molecule has 6 nitrogen and oxygen atoms in total. The third-order valence-corrected chi connectivity index (χ3v) is 5.60. The van der Waals surface area contributed by atoms with Crippen molar-refractivity contribution in [2.75, 3.05) is 23.3 Å². The Hall–Kier alpha value is -3.06. The standard InChI is InChI=1S/C24H27FN2O4/c1-4-16-7-19-17(8-24(29)31-23(19)10-22(16)28)11-26-18-5-6-21(20(25)9-18)27-12-14(2)30-15(3)13-27/h5-10,14-15,26,28H,4,11-13H2,1-3H3/t14-,15+. The highest BCUT2D eigenvalue weighted by atomic mass is 19.1. The Balaban J connectivity index is 1.56. The van der Waals surface area contributed by atoms with Gasteiger partial charge >= 0.3 is 5.63 Å². The van der Waals surface area contributed by atoms with E-state index in [1.54, 1.807) is 6.07 Å². The zero-order valence-corrected chi connectivity index (χ0v) is 17.9. The van der Waals surface area contributed by atoms with E-state index in [9.17, 15) is 14.3 Å². The van der Waals surface area contributed by atoms with E-state index >= 15 is 0 Å². The molecule has 1 aliphatic heterocycles. The number of nitrogens with zero attached hydrogens (tertiary/aromatic N) is 1. The van der Waals surface area contributed by atoms with Crippen molar-refractivity contribution in [2.24, 2.45) is 0 Å². The first-order chi connectivity index (χ1) is 14.8. The van der Waals surface area contributed by atoms with E-state index in [0.29, 0.717) is 43.0 Å². The Bertz CT molecular complexity index is 1150. The van der Waals surface area contributed by atoms with E-state index in [1.807, 2.05) is 37.8 Å². The Kier molecular flexibility index (Phi) is 5.87. The first kappa shape index (κ1) is 21.2. The van der Waals surface area contributed by atoms with E-state index in [4.69, 9.17) is 9.15 Å². The molecule has 2 N–H and O–H groups in total. The number of halogens is 1. The number of phenols is 1. The maximum Gasteiger partial charge on any atom is 0.336 e. The number of anilines is 2. The van der Waals surface area contributed by atoms with Crippen LogP contribution in [0, 0.1) is 5.82 Å². The van der Waals surface area contributed by atoms with E-state index < -0.39 is 5.63 Å². The summed E-state index contributed by atoms with van der Waals surface area (Å²) >= 11 is 0. The van der Waals surface area contributed by atoms with Crippen LogP contribution in [0.4, 0.5) is 15.8 Å². The van der Waals surface area contributed by atoms with Gasteiger partial charge in [0.1, 0.15) is 17.1 Å². The summed E-state index contributed by atoms with van der Waals surface area (Å²) in [5, 5.41) is 14.0. The summed E-state index contributed by atoms with van der Waals surface area (Å²) in [6, 6.07) is 9.80. The fourth-order valence-corrected chi connectivity index (χ4v) is 4.18. The first-order valence-corrected chi connectivity index (χ1v) is 10.6. The van der Waals surface area contributed by atoms with Gasteiger partial charge in [-0.1, -0.05) is 6.92 Å². The molecular weight excluding hydrogens is 399 g/mol. The predicted octanol–water partition coefficient (Wildman–Crippen LogP) is 4.43. The summed E-state index contributed by atoms with van der Waals surface area (Å²) in [7, 11) is 0. The van der Waals surface area contributed by atoms with Crippen molar-refractivity contribution in [2.45, 2.75) is 45.9 Å². The maximum atomic E-state index is 14.9. The average Bonchev–Trinajstić information content (AvgIpc) is 2.70. The van der Waals surface area contributed by atoms with Crippen LogP contribution < -0.4 is 15.8 Å². The minimum absolute atomic E-state index is 0.0477. The van der Waals surface area contributed by atoms with Gasteiger partial charge in [0.15, 0.2) is 0 Å². The van der Waals surface area contributed by atoms with Crippen molar-refractivity contribution in [3.05, 3.63) is 63.8 Å². The van der Waals surface area contributed by atoms with Crippen molar-refractivity contribution in [1.82, 2.24) is 0 Å². The number of benzene rings is 2. The molecule has 1 aliphatic rings. The maximum absolute atomic E-state index is 14.9. The Labute approximate surface area is 180 Å². The van der Waals surface area contributed by atoms with Gasteiger partial charge in [0, 0.05) is 42.8 Å². The van der Waals surface area contributed by atoms with E-state index in [2.05, 4.69) is 5.32 Å². The highest BCUT2D eigenvalue weighted by Gasteiger charge is 2.24. The van der Waals surface area contributed by atoms with Crippen LogP contribution in [0.2, 0.25) is 0 Å². The van der Waals surface area contributed by atoms with E-state index in [-0.39, 0.29) is 23.8 Å². The lowest BCUT2D eigenvalue weighted by molar-refractivity contribution is -0.00539. The molecule has 0 radical (unpaired) electrons. The van der Waals surface area contributed by atoms with Crippen LogP contribution >= 0.6 is 0 Å².